The van der Waals surface area contributed by atoms with Gasteiger partial charge in [-0.25, -0.2) is 0 Å². The lowest BCUT2D eigenvalue weighted by Gasteiger charge is -2.16. The average molecular weight is 344 g/mol. The summed E-state index contributed by atoms with van der Waals surface area (Å²) in [5, 5.41) is 3.46. The zero-order valence-electron chi connectivity index (χ0n) is 13.1. The molecule has 1 aliphatic heterocycles. The van der Waals surface area contributed by atoms with Crippen molar-refractivity contribution >= 4 is 29.1 Å². The number of rotatable bonds is 5. The predicted octanol–water partition coefficient (Wildman–Crippen LogP) is 2.45. The van der Waals surface area contributed by atoms with Crippen molar-refractivity contribution in [3.63, 3.8) is 0 Å². The van der Waals surface area contributed by atoms with Gasteiger partial charge in [0, 0.05) is 42.1 Å². The summed E-state index contributed by atoms with van der Waals surface area (Å²) in [4.78, 5) is 30.6. The molecule has 3 rings (SSSR count). The van der Waals surface area contributed by atoms with Crippen molar-refractivity contribution in [2.75, 3.05) is 18.0 Å². The van der Waals surface area contributed by atoms with Gasteiger partial charge in [0.15, 0.2) is 0 Å². The van der Waals surface area contributed by atoms with E-state index in [-0.39, 0.29) is 11.8 Å². The van der Waals surface area contributed by atoms with Crippen LogP contribution in [0.4, 0.5) is 5.69 Å². The molecule has 1 aromatic heterocycles. The van der Waals surface area contributed by atoms with Crippen LogP contribution in [0, 0.1) is 5.92 Å². The normalized spacial score (nSPS) is 17.1. The maximum atomic E-state index is 12.5. The Morgan fingerprint density at radius 1 is 1.25 bits per heavy atom. The third-order valence-electron chi connectivity index (χ3n) is 4.07. The van der Waals surface area contributed by atoms with E-state index in [9.17, 15) is 9.59 Å². The molecule has 2 aromatic rings. The maximum Gasteiger partial charge on any atom is 0.239 e. The fraction of sp³-hybridized carbons (Fsp3) is 0.278. The summed E-state index contributed by atoms with van der Waals surface area (Å²) < 4.78 is 0. The van der Waals surface area contributed by atoms with Crippen LogP contribution in [0.2, 0.25) is 5.02 Å². The molecule has 0 saturated carbocycles. The summed E-state index contributed by atoms with van der Waals surface area (Å²) in [5.74, 6) is -0.996. The Morgan fingerprint density at radius 2 is 2.04 bits per heavy atom. The van der Waals surface area contributed by atoms with E-state index in [0.29, 0.717) is 31.0 Å². The summed E-state index contributed by atoms with van der Waals surface area (Å²) in [5.41, 5.74) is 1.69. The quantitative estimate of drug-likeness (QED) is 0.848. The van der Waals surface area contributed by atoms with Gasteiger partial charge in [0.2, 0.25) is 11.8 Å². The van der Waals surface area contributed by atoms with Crippen LogP contribution in [-0.4, -0.2) is 29.9 Å². The summed E-state index contributed by atoms with van der Waals surface area (Å²) in [6.07, 6.45) is 2.90. The van der Waals surface area contributed by atoms with Gasteiger partial charge in [0.1, 0.15) is 5.92 Å². The number of anilines is 1. The highest BCUT2D eigenvalue weighted by atomic mass is 35.5. The van der Waals surface area contributed by atoms with Crippen LogP contribution in [-0.2, 0) is 16.0 Å². The number of halogens is 1. The minimum atomic E-state index is -0.621. The number of nitrogens with zero attached hydrogens (tertiary/aromatic N) is 2. The van der Waals surface area contributed by atoms with Crippen molar-refractivity contribution in [3.05, 3.63) is 59.4 Å². The Balaban J connectivity index is 1.54. The molecule has 2 heterocycles. The molecule has 1 aromatic carbocycles. The Morgan fingerprint density at radius 3 is 2.75 bits per heavy atom. The summed E-state index contributed by atoms with van der Waals surface area (Å²) >= 11 is 5.87. The third kappa shape index (κ3) is 3.74. The minimum Gasteiger partial charge on any atom is -0.355 e. The second-order valence-electron chi connectivity index (χ2n) is 5.67. The molecular weight excluding hydrogens is 326 g/mol. The van der Waals surface area contributed by atoms with Crippen LogP contribution in [0.1, 0.15) is 12.1 Å². The van der Waals surface area contributed by atoms with E-state index in [1.807, 2.05) is 18.2 Å². The summed E-state index contributed by atoms with van der Waals surface area (Å²) in [6.45, 7) is 1.01. The van der Waals surface area contributed by atoms with Crippen LogP contribution in [0.15, 0.2) is 48.7 Å². The maximum absolute atomic E-state index is 12.5. The average Bonchev–Trinajstić information content (AvgIpc) is 2.98. The first-order valence-corrected chi connectivity index (χ1v) is 8.27. The predicted molar refractivity (Wildman–Crippen MR) is 92.9 cm³/mol. The zero-order chi connectivity index (χ0) is 16.9. The molecule has 2 amide bonds. The van der Waals surface area contributed by atoms with Crippen molar-refractivity contribution in [2.24, 2.45) is 5.92 Å². The molecule has 0 spiro atoms. The lowest BCUT2D eigenvalue weighted by molar-refractivity contribution is -0.132. The van der Waals surface area contributed by atoms with Crippen molar-refractivity contribution in [1.29, 1.82) is 0 Å². The smallest absolute Gasteiger partial charge is 0.239 e. The first-order valence-electron chi connectivity index (χ1n) is 7.90. The molecule has 1 atom stereocenters. The highest BCUT2D eigenvalue weighted by molar-refractivity contribution is 6.30. The lowest BCUT2D eigenvalue weighted by atomic mass is 10.1. The molecule has 1 aliphatic rings. The van der Waals surface area contributed by atoms with Gasteiger partial charge in [-0.1, -0.05) is 17.7 Å². The molecule has 6 heteroatoms. The standard InChI is InChI=1S/C18H18ClN3O2/c19-13-4-6-15(7-5-13)22-12-9-16(18(22)24)17(23)21-11-8-14-3-1-2-10-20-14/h1-7,10,16H,8-9,11-12H2,(H,21,23). The molecule has 0 radical (unpaired) electrons. The lowest BCUT2D eigenvalue weighted by Crippen LogP contribution is -2.37. The second-order valence-corrected chi connectivity index (χ2v) is 6.11. The first-order chi connectivity index (χ1) is 11.6. The van der Waals surface area contributed by atoms with Crippen molar-refractivity contribution in [1.82, 2.24) is 10.3 Å². The number of benzene rings is 1. The number of nitrogens with one attached hydrogen (secondary N) is 1. The van der Waals surface area contributed by atoms with Gasteiger partial charge in [0.25, 0.3) is 0 Å². The number of carbonyl (C=O) groups is 2. The van der Waals surface area contributed by atoms with Gasteiger partial charge in [0.05, 0.1) is 0 Å². The minimum absolute atomic E-state index is 0.160. The second kappa shape index (κ2) is 7.45. The SMILES string of the molecule is O=C(NCCc1ccccn1)C1CCN(c2ccc(Cl)cc2)C1=O. The highest BCUT2D eigenvalue weighted by Gasteiger charge is 2.37. The first kappa shape index (κ1) is 16.5. The largest absolute Gasteiger partial charge is 0.355 e. The van der Waals surface area contributed by atoms with Crippen molar-refractivity contribution < 1.29 is 9.59 Å². The van der Waals surface area contributed by atoms with E-state index in [2.05, 4.69) is 10.3 Å². The van der Waals surface area contributed by atoms with Crippen LogP contribution >= 0.6 is 11.6 Å². The van der Waals surface area contributed by atoms with Gasteiger partial charge in [-0.2, -0.15) is 0 Å². The van der Waals surface area contributed by atoms with E-state index in [1.165, 1.54) is 0 Å². The molecule has 124 valence electrons. The monoisotopic (exact) mass is 343 g/mol. The molecular formula is C18H18ClN3O2. The van der Waals surface area contributed by atoms with E-state index in [1.54, 1.807) is 35.4 Å². The number of amides is 2. The Bertz CT molecular complexity index is 719. The number of pyridine rings is 1. The van der Waals surface area contributed by atoms with Gasteiger partial charge in [-0.05, 0) is 42.8 Å². The van der Waals surface area contributed by atoms with E-state index < -0.39 is 5.92 Å². The number of hydrogen-bond donors (Lipinski definition) is 1. The van der Waals surface area contributed by atoms with Crippen molar-refractivity contribution in [3.8, 4) is 0 Å². The van der Waals surface area contributed by atoms with Crippen molar-refractivity contribution in [2.45, 2.75) is 12.8 Å². The van der Waals surface area contributed by atoms with E-state index in [4.69, 9.17) is 11.6 Å². The molecule has 1 N–H and O–H groups in total. The number of aromatic nitrogens is 1. The van der Waals surface area contributed by atoms with Crippen LogP contribution in [0.25, 0.3) is 0 Å². The molecule has 1 saturated heterocycles. The topological polar surface area (TPSA) is 62.3 Å². The van der Waals surface area contributed by atoms with Crippen LogP contribution < -0.4 is 10.2 Å². The van der Waals surface area contributed by atoms with Gasteiger partial charge >= 0.3 is 0 Å². The summed E-state index contributed by atoms with van der Waals surface area (Å²) in [6, 6.07) is 12.7. The molecule has 24 heavy (non-hydrogen) atoms. The molecule has 0 bridgehead atoms. The molecule has 1 fully saturated rings. The van der Waals surface area contributed by atoms with E-state index >= 15 is 0 Å². The molecule has 5 nitrogen and oxygen atoms in total. The van der Waals surface area contributed by atoms with Crippen LogP contribution in [0.5, 0.6) is 0 Å². The fourth-order valence-electron chi connectivity index (χ4n) is 2.78. The molecule has 0 aliphatic carbocycles. The van der Waals surface area contributed by atoms with Crippen LogP contribution in [0.3, 0.4) is 0 Å². The number of hydrogen-bond acceptors (Lipinski definition) is 3. The highest BCUT2D eigenvalue weighted by Crippen LogP contribution is 2.26. The number of carbonyl (C=O) groups excluding carboxylic acids is 2. The van der Waals surface area contributed by atoms with Gasteiger partial charge < -0.3 is 10.2 Å². The fourth-order valence-corrected chi connectivity index (χ4v) is 2.91. The molecule has 1 unspecified atom stereocenters. The third-order valence-corrected chi connectivity index (χ3v) is 4.32. The summed E-state index contributed by atoms with van der Waals surface area (Å²) in [7, 11) is 0. The van der Waals surface area contributed by atoms with E-state index in [0.717, 1.165) is 11.4 Å². The Labute approximate surface area is 145 Å². The Kier molecular flexibility index (Phi) is 5.11. The Hall–Kier alpha value is -2.40. The zero-order valence-corrected chi connectivity index (χ0v) is 13.9. The van der Waals surface area contributed by atoms with Gasteiger partial charge in [-0.3, -0.25) is 14.6 Å². The van der Waals surface area contributed by atoms with Gasteiger partial charge in [-0.15, -0.1) is 0 Å².